The molecule has 0 fully saturated rings. The zero-order valence-corrected chi connectivity index (χ0v) is 13.7. The van der Waals surface area contributed by atoms with E-state index in [1.54, 1.807) is 0 Å². The van der Waals surface area contributed by atoms with Gasteiger partial charge >= 0.3 is 0 Å². The fourth-order valence-electron chi connectivity index (χ4n) is 3.15. The van der Waals surface area contributed by atoms with E-state index >= 15 is 0 Å². The molecule has 122 valence electrons. The number of benzene rings is 3. The largest absolute Gasteiger partial charge is 0.387 e. The van der Waals surface area contributed by atoms with E-state index in [1.807, 2.05) is 91.0 Å². The highest BCUT2D eigenvalue weighted by Gasteiger charge is 2.35. The van der Waals surface area contributed by atoms with Gasteiger partial charge in [-0.15, -0.1) is 0 Å². The molecule has 3 rings (SSSR count). The minimum absolute atomic E-state index is 0.459. The Bertz CT molecular complexity index is 699. The molecule has 0 aliphatic rings. The van der Waals surface area contributed by atoms with E-state index in [0.717, 1.165) is 16.7 Å². The van der Waals surface area contributed by atoms with Crippen LogP contribution in [0.3, 0.4) is 0 Å². The standard InChI is InChI=1S/C22H23NO/c23-21(20-14-8-3-9-15-20)22(24,16-18-10-4-1-5-11-18)17-19-12-6-2-7-13-19/h1-15,21,24H,16-17,23H2/t21-/m0/s1. The Morgan fingerprint density at radius 1 is 0.667 bits per heavy atom. The van der Waals surface area contributed by atoms with Crippen LogP contribution in [-0.2, 0) is 12.8 Å². The van der Waals surface area contributed by atoms with Crippen LogP contribution in [0.4, 0.5) is 0 Å². The molecule has 0 bridgehead atoms. The lowest BCUT2D eigenvalue weighted by Gasteiger charge is -2.35. The van der Waals surface area contributed by atoms with Crippen molar-refractivity contribution in [2.75, 3.05) is 0 Å². The molecule has 0 aromatic heterocycles. The number of aliphatic hydroxyl groups is 1. The normalized spacial score (nSPS) is 12.8. The molecule has 0 heterocycles. The van der Waals surface area contributed by atoms with E-state index in [0.29, 0.717) is 12.8 Å². The molecule has 0 radical (unpaired) electrons. The van der Waals surface area contributed by atoms with Crippen molar-refractivity contribution in [3.05, 3.63) is 108 Å². The van der Waals surface area contributed by atoms with Gasteiger partial charge in [0.05, 0.1) is 11.6 Å². The van der Waals surface area contributed by atoms with Gasteiger partial charge in [0.15, 0.2) is 0 Å². The lowest BCUT2D eigenvalue weighted by molar-refractivity contribution is 0.0136. The summed E-state index contributed by atoms with van der Waals surface area (Å²) in [5.41, 5.74) is 8.59. The van der Waals surface area contributed by atoms with Crippen LogP contribution in [0.2, 0.25) is 0 Å². The highest BCUT2D eigenvalue weighted by molar-refractivity contribution is 5.28. The number of hydrogen-bond donors (Lipinski definition) is 2. The average molecular weight is 317 g/mol. The zero-order valence-electron chi connectivity index (χ0n) is 13.7. The van der Waals surface area contributed by atoms with Crippen LogP contribution >= 0.6 is 0 Å². The minimum atomic E-state index is -1.05. The second-order valence-electron chi connectivity index (χ2n) is 6.32. The molecule has 24 heavy (non-hydrogen) atoms. The van der Waals surface area contributed by atoms with Crippen molar-refractivity contribution in [1.29, 1.82) is 0 Å². The Labute approximate surface area is 143 Å². The van der Waals surface area contributed by atoms with E-state index in [2.05, 4.69) is 0 Å². The first kappa shape index (κ1) is 16.4. The van der Waals surface area contributed by atoms with E-state index in [4.69, 9.17) is 5.73 Å². The molecule has 2 nitrogen and oxygen atoms in total. The highest BCUT2D eigenvalue weighted by Crippen LogP contribution is 2.31. The summed E-state index contributed by atoms with van der Waals surface area (Å²) < 4.78 is 0. The van der Waals surface area contributed by atoms with Crippen molar-refractivity contribution in [2.45, 2.75) is 24.5 Å². The van der Waals surface area contributed by atoms with Crippen molar-refractivity contribution < 1.29 is 5.11 Å². The number of rotatable bonds is 6. The van der Waals surface area contributed by atoms with Gasteiger partial charge in [0.1, 0.15) is 0 Å². The molecule has 0 saturated heterocycles. The van der Waals surface area contributed by atoms with Gasteiger partial charge in [-0.3, -0.25) is 0 Å². The Morgan fingerprint density at radius 2 is 1.04 bits per heavy atom. The van der Waals surface area contributed by atoms with Gasteiger partial charge in [0, 0.05) is 12.8 Å². The second kappa shape index (κ2) is 7.43. The van der Waals surface area contributed by atoms with E-state index in [9.17, 15) is 5.11 Å². The topological polar surface area (TPSA) is 46.2 Å². The fourth-order valence-corrected chi connectivity index (χ4v) is 3.15. The predicted molar refractivity (Wildman–Crippen MR) is 98.6 cm³/mol. The molecule has 0 unspecified atom stereocenters. The number of nitrogens with two attached hydrogens (primary N) is 1. The Balaban J connectivity index is 1.93. The Kier molecular flexibility index (Phi) is 5.09. The van der Waals surface area contributed by atoms with Gasteiger partial charge in [-0.25, -0.2) is 0 Å². The summed E-state index contributed by atoms with van der Waals surface area (Å²) in [7, 11) is 0. The summed E-state index contributed by atoms with van der Waals surface area (Å²) in [5, 5.41) is 11.5. The summed E-state index contributed by atoms with van der Waals surface area (Å²) in [6, 6.07) is 29.5. The SMILES string of the molecule is N[C@@H](c1ccccc1)C(O)(Cc1ccccc1)Cc1ccccc1. The van der Waals surface area contributed by atoms with E-state index in [-0.39, 0.29) is 0 Å². The van der Waals surface area contributed by atoms with Crippen molar-refractivity contribution in [1.82, 2.24) is 0 Å². The van der Waals surface area contributed by atoms with Gasteiger partial charge in [-0.05, 0) is 16.7 Å². The number of hydrogen-bond acceptors (Lipinski definition) is 2. The molecule has 3 aromatic carbocycles. The molecular weight excluding hydrogens is 294 g/mol. The molecule has 2 heteroatoms. The molecule has 3 aromatic rings. The van der Waals surface area contributed by atoms with Crippen molar-refractivity contribution >= 4 is 0 Å². The fraction of sp³-hybridized carbons (Fsp3) is 0.182. The Hall–Kier alpha value is -2.42. The maximum atomic E-state index is 11.5. The monoisotopic (exact) mass is 317 g/mol. The summed E-state index contributed by atoms with van der Waals surface area (Å²) >= 11 is 0. The predicted octanol–water partition coefficient (Wildman–Crippen LogP) is 3.90. The first-order valence-corrected chi connectivity index (χ1v) is 8.28. The maximum absolute atomic E-state index is 11.5. The second-order valence-corrected chi connectivity index (χ2v) is 6.32. The van der Waals surface area contributed by atoms with E-state index in [1.165, 1.54) is 0 Å². The minimum Gasteiger partial charge on any atom is -0.387 e. The maximum Gasteiger partial charge on any atom is 0.0919 e. The van der Waals surface area contributed by atoms with Crippen LogP contribution in [0.15, 0.2) is 91.0 Å². The van der Waals surface area contributed by atoms with Crippen LogP contribution in [0.5, 0.6) is 0 Å². The van der Waals surface area contributed by atoms with Crippen LogP contribution in [0, 0.1) is 0 Å². The summed E-state index contributed by atoms with van der Waals surface area (Å²) in [5.74, 6) is 0. The van der Waals surface area contributed by atoms with Gasteiger partial charge in [0.2, 0.25) is 0 Å². The first-order valence-electron chi connectivity index (χ1n) is 8.28. The molecule has 0 saturated carbocycles. The van der Waals surface area contributed by atoms with Crippen LogP contribution in [0.25, 0.3) is 0 Å². The van der Waals surface area contributed by atoms with Gasteiger partial charge in [-0.1, -0.05) is 91.0 Å². The van der Waals surface area contributed by atoms with Gasteiger partial charge in [0.25, 0.3) is 0 Å². The first-order chi connectivity index (χ1) is 11.7. The quantitative estimate of drug-likeness (QED) is 0.724. The summed E-state index contributed by atoms with van der Waals surface area (Å²) in [6.45, 7) is 0. The molecular formula is C22H23NO. The highest BCUT2D eigenvalue weighted by atomic mass is 16.3. The lowest BCUT2D eigenvalue weighted by atomic mass is 9.79. The molecule has 0 aliphatic heterocycles. The van der Waals surface area contributed by atoms with Crippen LogP contribution in [0.1, 0.15) is 22.7 Å². The smallest absolute Gasteiger partial charge is 0.0919 e. The van der Waals surface area contributed by atoms with Gasteiger partial charge in [-0.2, -0.15) is 0 Å². The lowest BCUT2D eigenvalue weighted by Crippen LogP contribution is -2.45. The molecule has 1 atom stereocenters. The zero-order chi connectivity index (χ0) is 16.8. The average Bonchev–Trinajstić information content (AvgIpc) is 2.63. The summed E-state index contributed by atoms with van der Waals surface area (Å²) in [6.07, 6.45) is 1.03. The third-order valence-electron chi connectivity index (χ3n) is 4.44. The third-order valence-corrected chi connectivity index (χ3v) is 4.44. The third kappa shape index (κ3) is 3.91. The van der Waals surface area contributed by atoms with Crippen LogP contribution in [-0.4, -0.2) is 10.7 Å². The molecule has 0 aliphatic carbocycles. The van der Waals surface area contributed by atoms with Crippen molar-refractivity contribution in [3.63, 3.8) is 0 Å². The molecule has 0 amide bonds. The Morgan fingerprint density at radius 3 is 1.46 bits per heavy atom. The van der Waals surface area contributed by atoms with Crippen LogP contribution < -0.4 is 5.73 Å². The molecule has 3 N–H and O–H groups in total. The molecule has 0 spiro atoms. The van der Waals surface area contributed by atoms with Gasteiger partial charge < -0.3 is 10.8 Å². The van der Waals surface area contributed by atoms with Crippen molar-refractivity contribution in [2.24, 2.45) is 5.73 Å². The van der Waals surface area contributed by atoms with Crippen molar-refractivity contribution in [3.8, 4) is 0 Å². The summed E-state index contributed by atoms with van der Waals surface area (Å²) in [4.78, 5) is 0. The van der Waals surface area contributed by atoms with E-state index < -0.39 is 11.6 Å².